The van der Waals surface area contributed by atoms with Gasteiger partial charge in [0, 0.05) is 18.8 Å². The molecule has 0 aromatic heterocycles. The minimum Gasteiger partial charge on any atom is -0.550 e. The summed E-state index contributed by atoms with van der Waals surface area (Å²) in [6.07, 6.45) is 18.5. The van der Waals surface area contributed by atoms with Gasteiger partial charge in [0.2, 0.25) is 11.8 Å². The van der Waals surface area contributed by atoms with E-state index in [1.54, 1.807) is 0 Å². The van der Waals surface area contributed by atoms with Crippen LogP contribution in [0.5, 0.6) is 0 Å². The maximum Gasteiger partial charge on any atom is 1.00 e. The molecule has 1 atom stereocenters. The van der Waals surface area contributed by atoms with Crippen LogP contribution in [0.4, 0.5) is 0 Å². The third kappa shape index (κ3) is 23.9. The van der Waals surface area contributed by atoms with E-state index in [2.05, 4.69) is 13.8 Å². The molecular weight excluding hydrogens is 504 g/mol. The van der Waals surface area contributed by atoms with Crippen LogP contribution in [0.1, 0.15) is 155 Å². The van der Waals surface area contributed by atoms with Gasteiger partial charge in [-0.15, -0.1) is 0 Å². The average Bonchev–Trinajstić information content (AvgIpc) is 2.83. The van der Waals surface area contributed by atoms with Gasteiger partial charge in [-0.1, -0.05) is 117 Å². The van der Waals surface area contributed by atoms with Crippen molar-refractivity contribution < 1.29 is 88.5 Å². The minimum atomic E-state index is -1.60. The maximum absolute atomic E-state index is 12.9. The number of nitrogens with zero attached hydrogens (tertiary/aromatic N) is 1. The molecule has 0 radical (unpaired) electrons. The summed E-state index contributed by atoms with van der Waals surface area (Å²) in [5, 5.41) is 22.6. The fourth-order valence-corrected chi connectivity index (χ4v) is 4.51. The standard InChI is InChI=1S/C29H53NO6.2Na/c1-3-5-7-9-11-13-15-17-19-21-26(31)30(25(29(35)36)23-24-28(33)34)27(32)22-20-18-16-14-12-10-8-6-4-2;;/h25H,3-24H2,1-2H3,(H,33,34)(H,35,36);;/q;2*+1/p-2/t25-;;/m0../s1. The van der Waals surface area contributed by atoms with Crippen LogP contribution in [0.2, 0.25) is 0 Å². The Hall–Kier alpha value is 0.0800. The van der Waals surface area contributed by atoms with Gasteiger partial charge in [0.25, 0.3) is 0 Å². The fourth-order valence-electron chi connectivity index (χ4n) is 4.51. The molecule has 0 fully saturated rings. The van der Waals surface area contributed by atoms with Crippen LogP contribution >= 0.6 is 0 Å². The Morgan fingerprint density at radius 1 is 0.526 bits per heavy atom. The smallest absolute Gasteiger partial charge is 0.550 e. The van der Waals surface area contributed by atoms with Gasteiger partial charge < -0.3 is 19.8 Å². The molecule has 2 amide bonds. The molecule has 0 aliphatic heterocycles. The molecule has 0 N–H and O–H groups in total. The quantitative estimate of drug-likeness (QED) is 0.104. The molecule has 210 valence electrons. The molecule has 38 heavy (non-hydrogen) atoms. The second kappa shape index (κ2) is 30.0. The van der Waals surface area contributed by atoms with Gasteiger partial charge in [-0.2, -0.15) is 0 Å². The number of carboxylic acid groups (broad SMARTS) is 2. The molecule has 0 saturated carbocycles. The van der Waals surface area contributed by atoms with E-state index in [0.29, 0.717) is 12.8 Å². The van der Waals surface area contributed by atoms with Crippen LogP contribution < -0.4 is 69.3 Å². The fraction of sp³-hybridized carbons (Fsp3) is 0.862. The van der Waals surface area contributed by atoms with Gasteiger partial charge >= 0.3 is 59.1 Å². The van der Waals surface area contributed by atoms with E-state index in [1.807, 2.05) is 0 Å². The van der Waals surface area contributed by atoms with Crippen molar-refractivity contribution in [2.24, 2.45) is 0 Å². The zero-order valence-corrected chi connectivity index (χ0v) is 29.0. The normalized spacial score (nSPS) is 11.2. The number of imide groups is 1. The monoisotopic (exact) mass is 555 g/mol. The number of aliphatic carboxylic acids is 2. The SMILES string of the molecule is CCCCCCCCCCCC(=O)N(C(=O)CCCCCCCCCCC)[C@@H](CCC(=O)[O-])C(=O)[O-].[Na+].[Na+]. The van der Waals surface area contributed by atoms with E-state index in [1.165, 1.54) is 64.2 Å². The van der Waals surface area contributed by atoms with E-state index >= 15 is 0 Å². The summed E-state index contributed by atoms with van der Waals surface area (Å²) in [5.74, 6) is -4.12. The topological polar surface area (TPSA) is 118 Å². The summed E-state index contributed by atoms with van der Waals surface area (Å²) in [6.45, 7) is 4.37. The van der Waals surface area contributed by atoms with Crippen LogP contribution in [-0.2, 0) is 19.2 Å². The number of carboxylic acids is 2. The van der Waals surface area contributed by atoms with Crippen molar-refractivity contribution in [3.63, 3.8) is 0 Å². The van der Waals surface area contributed by atoms with Crippen LogP contribution in [0.3, 0.4) is 0 Å². The van der Waals surface area contributed by atoms with E-state index in [0.717, 1.165) is 43.4 Å². The molecule has 0 saturated heterocycles. The van der Waals surface area contributed by atoms with Crippen LogP contribution in [0, 0.1) is 0 Å². The van der Waals surface area contributed by atoms with Crippen LogP contribution in [0.15, 0.2) is 0 Å². The molecule has 7 nitrogen and oxygen atoms in total. The Kier molecular flexibility index (Phi) is 33.6. The van der Waals surface area contributed by atoms with E-state index < -0.39 is 42.6 Å². The first-order valence-electron chi connectivity index (χ1n) is 14.6. The maximum atomic E-state index is 12.9. The molecule has 0 rings (SSSR count). The van der Waals surface area contributed by atoms with Crippen LogP contribution in [-0.4, -0.2) is 34.7 Å². The molecule has 9 heteroatoms. The average molecular weight is 556 g/mol. The van der Waals surface area contributed by atoms with Crippen molar-refractivity contribution in [2.45, 2.75) is 161 Å². The molecule has 0 bridgehead atoms. The van der Waals surface area contributed by atoms with Gasteiger partial charge in [0.1, 0.15) is 0 Å². The summed E-state index contributed by atoms with van der Waals surface area (Å²) in [6, 6.07) is -1.57. The minimum absolute atomic E-state index is 0. The zero-order chi connectivity index (χ0) is 27.0. The number of amides is 2. The van der Waals surface area contributed by atoms with Crippen molar-refractivity contribution in [3.05, 3.63) is 0 Å². The number of unbranched alkanes of at least 4 members (excludes halogenated alkanes) is 16. The summed E-state index contributed by atoms with van der Waals surface area (Å²) in [4.78, 5) is 49.2. The van der Waals surface area contributed by atoms with Crippen LogP contribution in [0.25, 0.3) is 0 Å². The van der Waals surface area contributed by atoms with Gasteiger partial charge in [-0.25, -0.2) is 0 Å². The van der Waals surface area contributed by atoms with Gasteiger partial charge in [-0.3, -0.25) is 14.5 Å². The summed E-state index contributed by atoms with van der Waals surface area (Å²) in [5.41, 5.74) is 0. The first-order chi connectivity index (χ1) is 17.3. The van der Waals surface area contributed by atoms with E-state index in [4.69, 9.17) is 0 Å². The first kappa shape index (κ1) is 42.5. The molecular formula is C29H51NNa2O6. The summed E-state index contributed by atoms with van der Waals surface area (Å²) < 4.78 is 0. The Balaban J connectivity index is -0.00000612. The third-order valence-corrected chi connectivity index (χ3v) is 6.73. The molecule has 0 aliphatic rings. The Morgan fingerprint density at radius 2 is 0.842 bits per heavy atom. The number of carbonyl (C=O) groups excluding carboxylic acids is 4. The number of rotatable bonds is 25. The molecule has 0 spiro atoms. The second-order valence-electron chi connectivity index (χ2n) is 10.1. The Labute approximate surface area is 276 Å². The molecule has 0 aromatic rings. The largest absolute Gasteiger partial charge is 1.00 e. The molecule has 0 aliphatic carbocycles. The Morgan fingerprint density at radius 3 is 1.13 bits per heavy atom. The molecule has 0 unspecified atom stereocenters. The predicted molar refractivity (Wildman–Crippen MR) is 139 cm³/mol. The third-order valence-electron chi connectivity index (χ3n) is 6.73. The van der Waals surface area contributed by atoms with Crippen molar-refractivity contribution in [1.82, 2.24) is 4.90 Å². The van der Waals surface area contributed by atoms with Crippen molar-refractivity contribution in [2.75, 3.05) is 0 Å². The van der Waals surface area contributed by atoms with Gasteiger partial charge in [0.05, 0.1) is 12.0 Å². The summed E-state index contributed by atoms with van der Waals surface area (Å²) in [7, 11) is 0. The molecule has 0 aromatic carbocycles. The van der Waals surface area contributed by atoms with Crippen molar-refractivity contribution in [1.29, 1.82) is 0 Å². The van der Waals surface area contributed by atoms with Gasteiger partial charge in [0.15, 0.2) is 0 Å². The first-order valence-corrected chi connectivity index (χ1v) is 14.6. The van der Waals surface area contributed by atoms with E-state index in [-0.39, 0.29) is 72.0 Å². The Bertz CT molecular complexity index is 584. The number of hydrogen-bond acceptors (Lipinski definition) is 6. The zero-order valence-electron chi connectivity index (χ0n) is 25.0. The number of hydrogen-bond donors (Lipinski definition) is 0. The van der Waals surface area contributed by atoms with Gasteiger partial charge in [-0.05, 0) is 25.7 Å². The second-order valence-corrected chi connectivity index (χ2v) is 10.1. The summed E-state index contributed by atoms with van der Waals surface area (Å²) >= 11 is 0. The molecule has 0 heterocycles. The van der Waals surface area contributed by atoms with Crippen molar-refractivity contribution in [3.8, 4) is 0 Å². The van der Waals surface area contributed by atoms with E-state index in [9.17, 15) is 29.4 Å². The number of carbonyl (C=O) groups is 4. The predicted octanol–water partition coefficient (Wildman–Crippen LogP) is -1.16. The van der Waals surface area contributed by atoms with Crippen molar-refractivity contribution >= 4 is 23.8 Å².